The quantitative estimate of drug-likeness (QED) is 0.769. The van der Waals surface area contributed by atoms with Crippen molar-refractivity contribution in [1.82, 2.24) is 4.31 Å². The molecule has 24 heavy (non-hydrogen) atoms. The Hall–Kier alpha value is -2.05. The molecule has 0 N–H and O–H groups in total. The van der Waals surface area contributed by atoms with Gasteiger partial charge in [0.1, 0.15) is 16.4 Å². The molecule has 0 aromatic heterocycles. The van der Waals surface area contributed by atoms with Crippen molar-refractivity contribution in [2.75, 3.05) is 14.2 Å². The average Bonchev–Trinajstić information content (AvgIpc) is 2.59. The molecular weight excluding hydrogens is 326 g/mol. The molecule has 0 saturated carbocycles. The Kier molecular flexibility index (Phi) is 5.85. The second-order valence-electron chi connectivity index (χ2n) is 5.65. The Bertz CT molecular complexity index is 773. The SMILES string of the molecule is COc1ccc(OC)c(S(=O)(=O)N(Cc2ccccc2)C(C)C)c1. The maximum Gasteiger partial charge on any atom is 0.247 e. The summed E-state index contributed by atoms with van der Waals surface area (Å²) in [5, 5.41) is 0. The predicted octanol–water partition coefficient (Wildman–Crippen LogP) is 3.30. The van der Waals surface area contributed by atoms with Gasteiger partial charge in [-0.15, -0.1) is 0 Å². The van der Waals surface area contributed by atoms with Crippen molar-refractivity contribution in [3.8, 4) is 11.5 Å². The second kappa shape index (κ2) is 7.68. The molecule has 0 bridgehead atoms. The lowest BCUT2D eigenvalue weighted by Crippen LogP contribution is -2.36. The van der Waals surface area contributed by atoms with Crippen LogP contribution in [0.3, 0.4) is 0 Å². The first-order valence-electron chi connectivity index (χ1n) is 7.68. The summed E-state index contributed by atoms with van der Waals surface area (Å²) >= 11 is 0. The largest absolute Gasteiger partial charge is 0.497 e. The number of rotatable bonds is 7. The number of nitrogens with zero attached hydrogens (tertiary/aromatic N) is 1. The zero-order valence-electron chi connectivity index (χ0n) is 14.4. The fraction of sp³-hybridized carbons (Fsp3) is 0.333. The third-order valence-electron chi connectivity index (χ3n) is 3.71. The Morgan fingerprint density at radius 2 is 1.67 bits per heavy atom. The highest BCUT2D eigenvalue weighted by Gasteiger charge is 2.30. The van der Waals surface area contributed by atoms with Crippen molar-refractivity contribution in [3.05, 3.63) is 54.1 Å². The smallest absolute Gasteiger partial charge is 0.247 e. The van der Waals surface area contributed by atoms with Crippen molar-refractivity contribution in [2.24, 2.45) is 0 Å². The van der Waals surface area contributed by atoms with Gasteiger partial charge in [-0.2, -0.15) is 4.31 Å². The molecule has 0 fully saturated rings. The molecule has 2 rings (SSSR count). The number of hydrogen-bond donors (Lipinski definition) is 0. The summed E-state index contributed by atoms with van der Waals surface area (Å²) in [7, 11) is -0.787. The fourth-order valence-corrected chi connectivity index (χ4v) is 4.22. The third kappa shape index (κ3) is 3.88. The zero-order valence-corrected chi connectivity index (χ0v) is 15.2. The lowest BCUT2D eigenvalue weighted by molar-refractivity contribution is 0.342. The van der Waals surface area contributed by atoms with Crippen molar-refractivity contribution >= 4 is 10.0 Å². The van der Waals surface area contributed by atoms with Gasteiger partial charge < -0.3 is 9.47 Å². The van der Waals surface area contributed by atoms with Crippen LogP contribution in [0.2, 0.25) is 0 Å². The van der Waals surface area contributed by atoms with Gasteiger partial charge in [-0.1, -0.05) is 30.3 Å². The van der Waals surface area contributed by atoms with E-state index in [1.807, 2.05) is 44.2 Å². The molecule has 5 nitrogen and oxygen atoms in total. The Morgan fingerprint density at radius 3 is 2.21 bits per heavy atom. The van der Waals surface area contributed by atoms with Crippen LogP contribution >= 0.6 is 0 Å². The number of benzene rings is 2. The molecule has 130 valence electrons. The first kappa shape index (κ1) is 18.3. The van der Waals surface area contributed by atoms with E-state index in [0.717, 1.165) is 5.56 Å². The zero-order chi connectivity index (χ0) is 17.7. The summed E-state index contributed by atoms with van der Waals surface area (Å²) < 4.78 is 38.3. The highest BCUT2D eigenvalue weighted by atomic mass is 32.2. The topological polar surface area (TPSA) is 55.8 Å². The van der Waals surface area contributed by atoms with Gasteiger partial charge in [-0.05, 0) is 31.5 Å². The van der Waals surface area contributed by atoms with Crippen molar-refractivity contribution in [3.63, 3.8) is 0 Å². The van der Waals surface area contributed by atoms with E-state index in [1.54, 1.807) is 12.1 Å². The van der Waals surface area contributed by atoms with Crippen molar-refractivity contribution in [1.29, 1.82) is 0 Å². The summed E-state index contributed by atoms with van der Waals surface area (Å²) in [5.41, 5.74) is 0.927. The van der Waals surface area contributed by atoms with E-state index in [4.69, 9.17) is 9.47 Å². The molecule has 0 saturated heterocycles. The van der Waals surface area contributed by atoms with Crippen molar-refractivity contribution < 1.29 is 17.9 Å². The monoisotopic (exact) mass is 349 g/mol. The van der Waals surface area contributed by atoms with Gasteiger partial charge in [0.05, 0.1) is 14.2 Å². The number of hydrogen-bond acceptors (Lipinski definition) is 4. The standard InChI is InChI=1S/C18H23NO4S/c1-14(2)19(13-15-8-6-5-7-9-15)24(20,21)18-12-16(22-3)10-11-17(18)23-4/h5-12,14H,13H2,1-4H3. The summed E-state index contributed by atoms with van der Waals surface area (Å²) in [5.74, 6) is 0.771. The molecular formula is C18H23NO4S. The van der Waals surface area contributed by atoms with Crippen LogP contribution in [0.4, 0.5) is 0 Å². The molecule has 2 aromatic carbocycles. The molecule has 0 heterocycles. The van der Waals surface area contributed by atoms with Crippen LogP contribution in [0, 0.1) is 0 Å². The van der Waals surface area contributed by atoms with Gasteiger partial charge in [-0.25, -0.2) is 8.42 Å². The minimum atomic E-state index is -3.75. The normalized spacial score (nSPS) is 11.8. The fourth-order valence-electron chi connectivity index (χ4n) is 2.42. The van der Waals surface area contributed by atoms with Crippen LogP contribution in [0.15, 0.2) is 53.4 Å². The summed E-state index contributed by atoms with van der Waals surface area (Å²) in [6.45, 7) is 4.00. The molecule has 6 heteroatoms. The number of methoxy groups -OCH3 is 2. The molecule has 0 amide bonds. The van der Waals surface area contributed by atoms with E-state index in [-0.39, 0.29) is 10.9 Å². The Labute approximate surface area is 143 Å². The van der Waals surface area contributed by atoms with Crippen LogP contribution in [0.5, 0.6) is 11.5 Å². The minimum Gasteiger partial charge on any atom is -0.497 e. The van der Waals surface area contributed by atoms with E-state index in [1.165, 1.54) is 24.6 Å². The Morgan fingerprint density at radius 1 is 1.00 bits per heavy atom. The maximum atomic E-state index is 13.2. The van der Waals surface area contributed by atoms with Crippen molar-refractivity contribution in [2.45, 2.75) is 31.3 Å². The van der Waals surface area contributed by atoms with Crippen LogP contribution in [-0.4, -0.2) is 33.0 Å². The van der Waals surface area contributed by atoms with Gasteiger partial charge >= 0.3 is 0 Å². The lowest BCUT2D eigenvalue weighted by Gasteiger charge is -2.27. The molecule has 0 aliphatic rings. The van der Waals surface area contributed by atoms with Gasteiger partial charge in [-0.3, -0.25) is 0 Å². The number of ether oxygens (including phenoxy) is 2. The van der Waals surface area contributed by atoms with Crippen LogP contribution in [0.25, 0.3) is 0 Å². The molecule has 0 aliphatic carbocycles. The summed E-state index contributed by atoms with van der Waals surface area (Å²) in [6, 6.07) is 14.1. The Balaban J connectivity index is 2.49. The van der Waals surface area contributed by atoms with Crippen LogP contribution < -0.4 is 9.47 Å². The maximum absolute atomic E-state index is 13.2. The molecule has 2 aromatic rings. The molecule has 0 radical (unpaired) electrons. The van der Waals surface area contributed by atoms with E-state index in [9.17, 15) is 8.42 Å². The molecule has 0 spiro atoms. The van der Waals surface area contributed by atoms with Gasteiger partial charge in [0.25, 0.3) is 0 Å². The van der Waals surface area contributed by atoms with Gasteiger partial charge in [0.2, 0.25) is 10.0 Å². The molecule has 0 unspecified atom stereocenters. The van der Waals surface area contributed by atoms with Gasteiger partial charge in [0.15, 0.2) is 0 Å². The highest BCUT2D eigenvalue weighted by molar-refractivity contribution is 7.89. The molecule has 0 atom stereocenters. The minimum absolute atomic E-state index is 0.106. The highest BCUT2D eigenvalue weighted by Crippen LogP contribution is 2.32. The van der Waals surface area contributed by atoms with Gasteiger partial charge in [0, 0.05) is 18.7 Å². The first-order valence-corrected chi connectivity index (χ1v) is 9.12. The van der Waals surface area contributed by atoms with E-state index < -0.39 is 10.0 Å². The summed E-state index contributed by atoms with van der Waals surface area (Å²) in [4.78, 5) is 0.106. The first-order chi connectivity index (χ1) is 11.4. The lowest BCUT2D eigenvalue weighted by atomic mass is 10.2. The van der Waals surface area contributed by atoms with Crippen LogP contribution in [0.1, 0.15) is 19.4 Å². The summed E-state index contributed by atoms with van der Waals surface area (Å²) in [6.07, 6.45) is 0. The van der Waals surface area contributed by atoms with E-state index in [2.05, 4.69) is 0 Å². The predicted molar refractivity (Wildman–Crippen MR) is 93.9 cm³/mol. The van der Waals surface area contributed by atoms with Crippen LogP contribution in [-0.2, 0) is 16.6 Å². The number of sulfonamides is 1. The van der Waals surface area contributed by atoms with E-state index in [0.29, 0.717) is 18.0 Å². The van der Waals surface area contributed by atoms with E-state index >= 15 is 0 Å². The average molecular weight is 349 g/mol. The second-order valence-corrected chi connectivity index (χ2v) is 7.51. The third-order valence-corrected chi connectivity index (χ3v) is 5.76. The molecule has 0 aliphatic heterocycles.